The number of esters is 4. The topological polar surface area (TPSA) is 105 Å². The molecule has 0 amide bonds. The Hall–Kier alpha value is -2.72. The van der Waals surface area contributed by atoms with Crippen molar-refractivity contribution >= 4 is 55.7 Å². The van der Waals surface area contributed by atoms with E-state index in [0.29, 0.717) is 10.7 Å². The summed E-state index contributed by atoms with van der Waals surface area (Å²) in [6.07, 6.45) is 4.99. The summed E-state index contributed by atoms with van der Waals surface area (Å²) < 4.78 is 19.1. The molecule has 0 aliphatic rings. The number of ether oxygens (including phenoxy) is 4. The molecule has 1 rings (SSSR count). The van der Waals surface area contributed by atoms with Crippen LogP contribution >= 0.6 is 31.9 Å². The van der Waals surface area contributed by atoms with Crippen LogP contribution in [0.5, 0.6) is 0 Å². The largest absolute Gasteiger partial charge is 0.462 e. The van der Waals surface area contributed by atoms with Gasteiger partial charge in [0.05, 0.1) is 11.1 Å². The van der Waals surface area contributed by atoms with E-state index in [1.807, 2.05) is 0 Å². The van der Waals surface area contributed by atoms with Gasteiger partial charge in [0.1, 0.15) is 26.4 Å². The molecule has 0 unspecified atom stereocenters. The van der Waals surface area contributed by atoms with E-state index in [1.165, 1.54) is 24.3 Å². The molecule has 0 atom stereocenters. The molecule has 0 radical (unpaired) electrons. The molecule has 0 spiro atoms. The van der Waals surface area contributed by atoms with E-state index in [0.717, 1.165) is 12.2 Å². The molecule has 0 aromatic heterocycles. The minimum atomic E-state index is -0.582. The van der Waals surface area contributed by atoms with Crippen LogP contribution in [0, 0.1) is 0 Å². The Balaban J connectivity index is 0.000000622. The van der Waals surface area contributed by atoms with E-state index in [2.05, 4.69) is 54.5 Å². The summed E-state index contributed by atoms with van der Waals surface area (Å²) in [4.78, 5) is 45.1. The lowest BCUT2D eigenvalue weighted by Crippen LogP contribution is -2.14. The maximum Gasteiger partial charge on any atom is 0.339 e. The maximum atomic E-state index is 11.7. The Morgan fingerprint density at radius 2 is 1.09 bits per heavy atom. The third kappa shape index (κ3) is 13.6. The van der Waals surface area contributed by atoms with Crippen molar-refractivity contribution in [1.82, 2.24) is 0 Å². The van der Waals surface area contributed by atoms with Crippen molar-refractivity contribution in [3.8, 4) is 0 Å². The van der Waals surface area contributed by atoms with Crippen molar-refractivity contribution in [2.75, 3.05) is 37.1 Å². The van der Waals surface area contributed by atoms with Crippen molar-refractivity contribution in [3.63, 3.8) is 0 Å². The molecular formula is C22H24Br2O8. The third-order valence-corrected chi connectivity index (χ3v) is 3.68. The molecule has 0 aliphatic carbocycles. The average Bonchev–Trinajstić information content (AvgIpc) is 2.82. The molecule has 10 heteroatoms. The summed E-state index contributed by atoms with van der Waals surface area (Å²) in [5.74, 6) is -2.28. The lowest BCUT2D eigenvalue weighted by atomic mass is 10.1. The highest BCUT2D eigenvalue weighted by Crippen LogP contribution is 2.12. The molecule has 0 aliphatic heterocycles. The van der Waals surface area contributed by atoms with Crippen LogP contribution in [0.15, 0.2) is 61.7 Å². The van der Waals surface area contributed by atoms with Crippen LogP contribution in [0.3, 0.4) is 0 Å². The summed E-state index contributed by atoms with van der Waals surface area (Å²) in [7, 11) is 0. The Bertz CT molecular complexity index is 740. The van der Waals surface area contributed by atoms with Crippen molar-refractivity contribution in [2.45, 2.75) is 0 Å². The van der Waals surface area contributed by atoms with E-state index in [1.54, 1.807) is 12.1 Å². The Kier molecular flexibility index (Phi) is 17.4. The average molecular weight is 576 g/mol. The van der Waals surface area contributed by atoms with Crippen molar-refractivity contribution in [2.24, 2.45) is 0 Å². The molecule has 174 valence electrons. The molecule has 1 aromatic rings. The molecule has 32 heavy (non-hydrogen) atoms. The zero-order valence-corrected chi connectivity index (χ0v) is 20.5. The molecule has 0 bridgehead atoms. The molecule has 0 heterocycles. The summed E-state index contributed by atoms with van der Waals surface area (Å²) in [5.41, 5.74) is 0.349. The van der Waals surface area contributed by atoms with Gasteiger partial charge >= 0.3 is 23.9 Å². The minimum Gasteiger partial charge on any atom is -0.462 e. The number of carbonyl (C=O) groups is 4. The Morgan fingerprint density at radius 3 is 1.41 bits per heavy atom. The van der Waals surface area contributed by atoms with Crippen LogP contribution < -0.4 is 0 Å². The molecule has 0 saturated carbocycles. The van der Waals surface area contributed by atoms with Crippen LogP contribution in [0.25, 0.3) is 0 Å². The van der Waals surface area contributed by atoms with Gasteiger partial charge in [0, 0.05) is 22.8 Å². The summed E-state index contributed by atoms with van der Waals surface area (Å²) in [6.45, 7) is 7.63. The van der Waals surface area contributed by atoms with Gasteiger partial charge in [0.25, 0.3) is 0 Å². The number of hydrogen-bond donors (Lipinski definition) is 0. The first-order valence-corrected chi connectivity index (χ1v) is 11.4. The van der Waals surface area contributed by atoms with E-state index in [4.69, 9.17) is 9.47 Å². The zero-order chi connectivity index (χ0) is 24.2. The number of benzene rings is 1. The number of carbonyl (C=O) groups excluding carboxylic acids is 4. The summed E-state index contributed by atoms with van der Waals surface area (Å²) >= 11 is 6.19. The van der Waals surface area contributed by atoms with E-state index in [9.17, 15) is 19.2 Å². The van der Waals surface area contributed by atoms with Gasteiger partial charge in [-0.05, 0) is 12.1 Å². The minimum absolute atomic E-state index is 0.0921. The Morgan fingerprint density at radius 1 is 0.719 bits per heavy atom. The molecular weight excluding hydrogens is 552 g/mol. The molecule has 0 N–H and O–H groups in total. The lowest BCUT2D eigenvalue weighted by molar-refractivity contribution is -0.139. The first kappa shape index (κ1) is 29.3. The van der Waals surface area contributed by atoms with Gasteiger partial charge in [0.2, 0.25) is 0 Å². The van der Waals surface area contributed by atoms with Gasteiger partial charge in [-0.1, -0.05) is 69.3 Å². The smallest absolute Gasteiger partial charge is 0.339 e. The van der Waals surface area contributed by atoms with E-state index >= 15 is 0 Å². The summed E-state index contributed by atoms with van der Waals surface area (Å²) in [6, 6.07) is 6.31. The van der Waals surface area contributed by atoms with E-state index < -0.39 is 23.9 Å². The lowest BCUT2D eigenvalue weighted by Gasteiger charge is -2.07. The fraction of sp³-hybridized carbons (Fsp3) is 0.273. The van der Waals surface area contributed by atoms with Crippen LogP contribution in [0.2, 0.25) is 0 Å². The normalized spacial score (nSPS) is 9.69. The zero-order valence-electron chi connectivity index (χ0n) is 17.3. The third-order valence-electron chi connectivity index (χ3n) is 3.03. The number of halogens is 2. The fourth-order valence-electron chi connectivity index (χ4n) is 1.77. The van der Waals surface area contributed by atoms with E-state index in [-0.39, 0.29) is 37.6 Å². The predicted octanol–water partition coefficient (Wildman–Crippen LogP) is 3.79. The molecule has 0 saturated heterocycles. The van der Waals surface area contributed by atoms with Gasteiger partial charge in [-0.2, -0.15) is 0 Å². The highest BCUT2D eigenvalue weighted by molar-refractivity contribution is 9.09. The first-order chi connectivity index (χ1) is 15.4. The maximum absolute atomic E-state index is 11.7. The van der Waals surface area contributed by atoms with Gasteiger partial charge in [0.15, 0.2) is 0 Å². The highest BCUT2D eigenvalue weighted by Gasteiger charge is 2.18. The molecule has 0 fully saturated rings. The van der Waals surface area contributed by atoms with Gasteiger partial charge in [-0.15, -0.1) is 0 Å². The summed E-state index contributed by atoms with van der Waals surface area (Å²) in [5, 5.41) is 1.14. The monoisotopic (exact) mass is 574 g/mol. The van der Waals surface area contributed by atoms with Gasteiger partial charge in [-0.3, -0.25) is 0 Å². The SMILES string of the molecule is C=CCOC(=O)c1ccccc1C(=O)OCC=C.O=C(/C=C/C(=O)OCCBr)OCCBr. The predicted molar refractivity (Wildman–Crippen MR) is 126 cm³/mol. The number of hydrogen-bond acceptors (Lipinski definition) is 8. The Labute approximate surface area is 203 Å². The van der Waals surface area contributed by atoms with Crippen LogP contribution in [0.4, 0.5) is 0 Å². The van der Waals surface area contributed by atoms with Gasteiger partial charge in [-0.25, -0.2) is 19.2 Å². The second-order valence-corrected chi connectivity index (χ2v) is 6.95. The second kappa shape index (κ2) is 19.0. The quantitative estimate of drug-likeness (QED) is 0.122. The number of rotatable bonds is 12. The van der Waals surface area contributed by atoms with Crippen molar-refractivity contribution in [1.29, 1.82) is 0 Å². The van der Waals surface area contributed by atoms with Crippen molar-refractivity contribution < 1.29 is 38.1 Å². The van der Waals surface area contributed by atoms with Crippen LogP contribution in [-0.4, -0.2) is 61.0 Å². The second-order valence-electron chi connectivity index (χ2n) is 5.37. The number of alkyl halides is 2. The standard InChI is InChI=1S/C14H14O4.C8H10Br2O4/c1-3-9-17-13(15)11-7-5-6-8-12(11)14(16)18-10-4-2;9-3-5-13-7(11)1-2-8(12)14-6-4-10/h3-8H,1-2,9-10H2;1-2H,3-6H2/b;2-1+. The highest BCUT2D eigenvalue weighted by atomic mass is 79.9. The van der Waals surface area contributed by atoms with Gasteiger partial charge < -0.3 is 18.9 Å². The van der Waals surface area contributed by atoms with Crippen LogP contribution in [0.1, 0.15) is 20.7 Å². The molecule has 8 nitrogen and oxygen atoms in total. The van der Waals surface area contributed by atoms with Crippen LogP contribution in [-0.2, 0) is 28.5 Å². The first-order valence-electron chi connectivity index (χ1n) is 9.19. The fourth-order valence-corrected chi connectivity index (χ4v) is 2.10. The molecule has 1 aromatic carbocycles. The van der Waals surface area contributed by atoms with Crippen molar-refractivity contribution in [3.05, 3.63) is 72.9 Å².